The number of alkyl halides is 3. The zero-order chi connectivity index (χ0) is 13.1. The van der Waals surface area contributed by atoms with Crippen molar-refractivity contribution in [2.75, 3.05) is 18.8 Å². The van der Waals surface area contributed by atoms with Crippen LogP contribution in [-0.4, -0.2) is 43.8 Å². The maximum Gasteiger partial charge on any atom is 0.389 e. The molecule has 1 atom stereocenters. The molecule has 17 heavy (non-hydrogen) atoms. The molecule has 1 aliphatic rings. The molecule has 2 N–H and O–H groups in total. The Morgan fingerprint density at radius 1 is 1.35 bits per heavy atom. The smallest absolute Gasteiger partial charge is 0.327 e. The summed E-state index contributed by atoms with van der Waals surface area (Å²) in [5.41, 5.74) is 5.63. The zero-order valence-electron chi connectivity index (χ0n) is 9.41. The van der Waals surface area contributed by atoms with E-state index in [0.717, 1.165) is 6.42 Å². The Bertz CT molecular complexity index is 343. The van der Waals surface area contributed by atoms with Gasteiger partial charge in [0, 0.05) is 25.6 Å². The highest BCUT2D eigenvalue weighted by Crippen LogP contribution is 2.22. The standard InChI is InChI=1S/C9H17F3N2O2S/c10-9(11,12)4-2-6-17(15,16)14-5-1-3-8(13)7-14/h8H,1-7,13H2. The molecular formula is C9H17F3N2O2S. The van der Waals surface area contributed by atoms with Crippen LogP contribution in [0.1, 0.15) is 25.7 Å². The Labute approximate surface area is 99.0 Å². The summed E-state index contributed by atoms with van der Waals surface area (Å²) < 4.78 is 60.4. The summed E-state index contributed by atoms with van der Waals surface area (Å²) in [6.45, 7) is 0.580. The molecule has 0 radical (unpaired) electrons. The lowest BCUT2D eigenvalue weighted by Crippen LogP contribution is -2.46. The van der Waals surface area contributed by atoms with Crippen molar-refractivity contribution in [1.82, 2.24) is 4.31 Å². The van der Waals surface area contributed by atoms with Gasteiger partial charge in [0.15, 0.2) is 0 Å². The van der Waals surface area contributed by atoms with E-state index in [2.05, 4.69) is 0 Å². The SMILES string of the molecule is NC1CCCN(S(=O)(=O)CCCC(F)(F)F)C1. The van der Waals surface area contributed by atoms with Gasteiger partial charge in [-0.3, -0.25) is 0 Å². The van der Waals surface area contributed by atoms with Crippen molar-refractivity contribution in [3.63, 3.8) is 0 Å². The molecule has 0 saturated carbocycles. The van der Waals surface area contributed by atoms with Gasteiger partial charge < -0.3 is 5.73 Å². The van der Waals surface area contributed by atoms with E-state index in [4.69, 9.17) is 5.73 Å². The molecule has 1 heterocycles. The van der Waals surface area contributed by atoms with Gasteiger partial charge >= 0.3 is 6.18 Å². The average Bonchev–Trinajstić information content (AvgIpc) is 2.15. The topological polar surface area (TPSA) is 63.4 Å². The minimum Gasteiger partial charge on any atom is -0.327 e. The Balaban J connectivity index is 2.45. The molecule has 8 heteroatoms. The third kappa shape index (κ3) is 5.22. The van der Waals surface area contributed by atoms with E-state index in [9.17, 15) is 21.6 Å². The first-order valence-electron chi connectivity index (χ1n) is 5.51. The first kappa shape index (κ1) is 14.7. The largest absolute Gasteiger partial charge is 0.389 e. The Morgan fingerprint density at radius 3 is 2.53 bits per heavy atom. The lowest BCUT2D eigenvalue weighted by atomic mass is 10.1. The maximum atomic E-state index is 11.9. The highest BCUT2D eigenvalue weighted by atomic mass is 32.2. The van der Waals surface area contributed by atoms with Crippen LogP contribution in [0.15, 0.2) is 0 Å². The molecule has 0 amide bonds. The van der Waals surface area contributed by atoms with Gasteiger partial charge in [0.1, 0.15) is 0 Å². The first-order chi connectivity index (χ1) is 7.71. The molecule has 4 nitrogen and oxygen atoms in total. The van der Waals surface area contributed by atoms with Crippen molar-refractivity contribution in [2.45, 2.75) is 37.9 Å². The zero-order valence-corrected chi connectivity index (χ0v) is 10.2. The second kappa shape index (κ2) is 5.53. The van der Waals surface area contributed by atoms with E-state index in [-0.39, 0.29) is 12.6 Å². The van der Waals surface area contributed by atoms with E-state index in [0.29, 0.717) is 13.0 Å². The van der Waals surface area contributed by atoms with Crippen LogP contribution >= 0.6 is 0 Å². The molecule has 0 aromatic carbocycles. The lowest BCUT2D eigenvalue weighted by molar-refractivity contribution is -0.134. The van der Waals surface area contributed by atoms with Gasteiger partial charge in [-0.2, -0.15) is 13.2 Å². The molecule has 1 rings (SSSR count). The molecule has 0 spiro atoms. The number of hydrogen-bond donors (Lipinski definition) is 1. The van der Waals surface area contributed by atoms with Crippen molar-refractivity contribution in [3.05, 3.63) is 0 Å². The van der Waals surface area contributed by atoms with Crippen LogP contribution in [0.4, 0.5) is 13.2 Å². The fourth-order valence-corrected chi connectivity index (χ4v) is 3.40. The molecule has 102 valence electrons. The number of sulfonamides is 1. The number of hydrogen-bond acceptors (Lipinski definition) is 3. The molecule has 0 aromatic heterocycles. The van der Waals surface area contributed by atoms with E-state index in [1.165, 1.54) is 4.31 Å². The van der Waals surface area contributed by atoms with Crippen molar-refractivity contribution in [1.29, 1.82) is 0 Å². The number of nitrogens with two attached hydrogens (primary N) is 1. The van der Waals surface area contributed by atoms with Crippen molar-refractivity contribution >= 4 is 10.0 Å². The fraction of sp³-hybridized carbons (Fsp3) is 1.00. The first-order valence-corrected chi connectivity index (χ1v) is 7.12. The Kier molecular flexibility index (Phi) is 4.79. The van der Waals surface area contributed by atoms with Crippen LogP contribution in [0, 0.1) is 0 Å². The van der Waals surface area contributed by atoms with Crippen LogP contribution in [0.25, 0.3) is 0 Å². The van der Waals surface area contributed by atoms with Gasteiger partial charge in [-0.15, -0.1) is 0 Å². The summed E-state index contributed by atoms with van der Waals surface area (Å²) >= 11 is 0. The maximum absolute atomic E-state index is 11.9. The van der Waals surface area contributed by atoms with Gasteiger partial charge in [0.05, 0.1) is 5.75 Å². The van der Waals surface area contributed by atoms with Crippen molar-refractivity contribution in [3.8, 4) is 0 Å². The van der Waals surface area contributed by atoms with Gasteiger partial charge in [0.25, 0.3) is 0 Å². The molecule has 1 aliphatic heterocycles. The highest BCUT2D eigenvalue weighted by Gasteiger charge is 2.30. The summed E-state index contributed by atoms with van der Waals surface area (Å²) in [6, 6.07) is -0.207. The van der Waals surface area contributed by atoms with Crippen molar-refractivity contribution < 1.29 is 21.6 Å². The molecular weight excluding hydrogens is 257 g/mol. The lowest BCUT2D eigenvalue weighted by Gasteiger charge is -2.29. The average molecular weight is 274 g/mol. The second-order valence-corrected chi connectivity index (χ2v) is 6.38. The van der Waals surface area contributed by atoms with E-state index >= 15 is 0 Å². The van der Waals surface area contributed by atoms with Crippen LogP contribution in [0.5, 0.6) is 0 Å². The molecule has 1 saturated heterocycles. The Morgan fingerprint density at radius 2 is 2.00 bits per heavy atom. The van der Waals surface area contributed by atoms with Gasteiger partial charge in [0.2, 0.25) is 10.0 Å². The number of rotatable bonds is 4. The summed E-state index contributed by atoms with van der Waals surface area (Å²) in [5.74, 6) is -0.459. The summed E-state index contributed by atoms with van der Waals surface area (Å²) in [7, 11) is -3.59. The van der Waals surface area contributed by atoms with Crippen LogP contribution in [0.3, 0.4) is 0 Å². The monoisotopic (exact) mass is 274 g/mol. The number of halogens is 3. The van der Waals surface area contributed by atoms with E-state index in [1.54, 1.807) is 0 Å². The molecule has 0 bridgehead atoms. The molecule has 0 aromatic rings. The number of nitrogens with zero attached hydrogens (tertiary/aromatic N) is 1. The van der Waals surface area contributed by atoms with E-state index < -0.39 is 34.8 Å². The van der Waals surface area contributed by atoms with Crippen molar-refractivity contribution in [2.24, 2.45) is 5.73 Å². The predicted molar refractivity (Wildman–Crippen MR) is 57.9 cm³/mol. The van der Waals surface area contributed by atoms with Crippen LogP contribution in [-0.2, 0) is 10.0 Å². The predicted octanol–water partition coefficient (Wildman–Crippen LogP) is 1.08. The molecule has 1 fully saturated rings. The van der Waals surface area contributed by atoms with Gasteiger partial charge in [-0.05, 0) is 19.3 Å². The highest BCUT2D eigenvalue weighted by molar-refractivity contribution is 7.89. The minimum atomic E-state index is -4.30. The molecule has 0 aliphatic carbocycles. The third-order valence-corrected chi connectivity index (χ3v) is 4.60. The summed E-state index contributed by atoms with van der Waals surface area (Å²) in [4.78, 5) is 0. The van der Waals surface area contributed by atoms with Gasteiger partial charge in [-0.25, -0.2) is 12.7 Å². The Hall–Kier alpha value is -0.340. The van der Waals surface area contributed by atoms with E-state index in [1.807, 2.05) is 0 Å². The van der Waals surface area contributed by atoms with Crippen LogP contribution < -0.4 is 5.73 Å². The quantitative estimate of drug-likeness (QED) is 0.834. The second-order valence-electron chi connectivity index (χ2n) is 4.30. The normalized spacial score (nSPS) is 23.9. The minimum absolute atomic E-state index is 0.207. The third-order valence-electron chi connectivity index (χ3n) is 2.68. The van der Waals surface area contributed by atoms with Crippen LogP contribution in [0.2, 0.25) is 0 Å². The molecule has 1 unspecified atom stereocenters. The summed E-state index contributed by atoms with van der Waals surface area (Å²) in [6.07, 6.45) is -4.33. The fourth-order valence-electron chi connectivity index (χ4n) is 1.81. The number of piperidine rings is 1. The summed E-state index contributed by atoms with van der Waals surface area (Å²) in [5, 5.41) is 0. The van der Waals surface area contributed by atoms with Gasteiger partial charge in [-0.1, -0.05) is 0 Å².